The highest BCUT2D eigenvalue weighted by atomic mass is 16.5. The van der Waals surface area contributed by atoms with Crippen LogP contribution in [0.2, 0.25) is 0 Å². The number of likely N-dealkylation sites (tertiary alicyclic amines) is 1. The van der Waals surface area contributed by atoms with Crippen LogP contribution in [-0.2, 0) is 0 Å². The van der Waals surface area contributed by atoms with Crippen LogP contribution in [0, 0.1) is 0 Å². The maximum atomic E-state index is 12.6. The molecule has 0 saturated carbocycles. The largest absolute Gasteiger partial charge is 0.497 e. The topological polar surface area (TPSA) is 68.7 Å². The molecular weight excluding hydrogens is 332 g/mol. The maximum Gasteiger partial charge on any atom is 0.272 e. The molecule has 6 nitrogen and oxygen atoms in total. The standard InChI is InChI=1S/C20H20N2O4/c1-25-14-5-6-15-17(23)13-20(26-18(15)12-14)7-10-22(11-8-20)19(24)16-4-2-3-9-21-16/h2-6,9,12H,7-8,10-11,13H2,1H3. The zero-order valence-corrected chi connectivity index (χ0v) is 14.6. The fraction of sp³-hybridized carbons (Fsp3) is 0.350. The summed E-state index contributed by atoms with van der Waals surface area (Å²) in [5.41, 5.74) is 0.500. The number of hydrogen-bond donors (Lipinski definition) is 0. The Morgan fingerprint density at radius 2 is 2.04 bits per heavy atom. The molecule has 134 valence electrons. The molecule has 1 aromatic heterocycles. The minimum absolute atomic E-state index is 0.0790. The summed E-state index contributed by atoms with van der Waals surface area (Å²) in [6.45, 7) is 1.09. The summed E-state index contributed by atoms with van der Waals surface area (Å²) < 4.78 is 11.5. The van der Waals surface area contributed by atoms with Gasteiger partial charge in [-0.05, 0) is 24.3 Å². The van der Waals surface area contributed by atoms with E-state index < -0.39 is 5.60 Å². The lowest BCUT2D eigenvalue weighted by Crippen LogP contribution is -2.52. The molecule has 26 heavy (non-hydrogen) atoms. The molecule has 0 aliphatic carbocycles. The number of Topliss-reactive ketones (excluding diaryl/α,β-unsaturated/α-hetero) is 1. The van der Waals surface area contributed by atoms with Crippen LogP contribution in [0.1, 0.15) is 40.1 Å². The van der Waals surface area contributed by atoms with E-state index in [1.54, 1.807) is 54.6 Å². The van der Waals surface area contributed by atoms with Gasteiger partial charge in [-0.15, -0.1) is 0 Å². The SMILES string of the molecule is COc1ccc2c(c1)OC1(CCN(C(=O)c3ccccn3)CC1)CC2=O. The average molecular weight is 352 g/mol. The summed E-state index contributed by atoms with van der Waals surface area (Å²) in [6.07, 6.45) is 3.20. The fourth-order valence-corrected chi connectivity index (χ4v) is 3.65. The van der Waals surface area contributed by atoms with Gasteiger partial charge in [0, 0.05) is 38.2 Å². The Hall–Kier alpha value is -2.89. The molecule has 3 heterocycles. The van der Waals surface area contributed by atoms with Crippen LogP contribution in [0.25, 0.3) is 0 Å². The van der Waals surface area contributed by atoms with E-state index in [0.717, 1.165) is 0 Å². The third kappa shape index (κ3) is 2.92. The minimum Gasteiger partial charge on any atom is -0.497 e. The minimum atomic E-state index is -0.544. The second kappa shape index (κ2) is 6.44. The number of carbonyl (C=O) groups excluding carboxylic acids is 2. The first-order valence-corrected chi connectivity index (χ1v) is 8.71. The van der Waals surface area contributed by atoms with Crippen molar-refractivity contribution in [2.75, 3.05) is 20.2 Å². The third-order valence-corrected chi connectivity index (χ3v) is 5.14. The van der Waals surface area contributed by atoms with Gasteiger partial charge in [0.25, 0.3) is 5.91 Å². The Morgan fingerprint density at radius 1 is 1.23 bits per heavy atom. The Kier molecular flexibility index (Phi) is 4.11. The lowest BCUT2D eigenvalue weighted by Gasteiger charge is -2.43. The number of pyridine rings is 1. The molecule has 6 heteroatoms. The van der Waals surface area contributed by atoms with E-state index in [1.165, 1.54) is 0 Å². The van der Waals surface area contributed by atoms with Crippen molar-refractivity contribution in [3.63, 3.8) is 0 Å². The number of aromatic nitrogens is 1. The molecule has 2 aromatic rings. The molecule has 1 aromatic carbocycles. The highest BCUT2D eigenvalue weighted by Gasteiger charge is 2.43. The van der Waals surface area contributed by atoms with E-state index in [0.29, 0.717) is 55.1 Å². The van der Waals surface area contributed by atoms with E-state index in [9.17, 15) is 9.59 Å². The molecule has 1 saturated heterocycles. The van der Waals surface area contributed by atoms with E-state index in [1.807, 2.05) is 0 Å². The molecule has 1 fully saturated rings. The van der Waals surface area contributed by atoms with Crippen LogP contribution in [0.15, 0.2) is 42.6 Å². The molecular formula is C20H20N2O4. The van der Waals surface area contributed by atoms with Gasteiger partial charge in [0.1, 0.15) is 22.8 Å². The summed E-state index contributed by atoms with van der Waals surface area (Å²) >= 11 is 0. The Bertz CT molecular complexity index is 842. The van der Waals surface area contributed by atoms with Crippen molar-refractivity contribution in [2.24, 2.45) is 0 Å². The predicted octanol–water partition coefficient (Wildman–Crippen LogP) is 2.73. The zero-order valence-electron chi connectivity index (χ0n) is 14.6. The van der Waals surface area contributed by atoms with Crippen molar-refractivity contribution >= 4 is 11.7 Å². The molecule has 1 amide bonds. The van der Waals surface area contributed by atoms with Crippen molar-refractivity contribution in [2.45, 2.75) is 24.9 Å². The molecule has 0 N–H and O–H groups in total. The summed E-state index contributed by atoms with van der Waals surface area (Å²) in [6, 6.07) is 10.6. The Morgan fingerprint density at radius 3 is 2.73 bits per heavy atom. The summed E-state index contributed by atoms with van der Waals surface area (Å²) in [5.74, 6) is 1.24. The highest BCUT2D eigenvalue weighted by molar-refractivity contribution is 6.00. The molecule has 0 unspecified atom stereocenters. The van der Waals surface area contributed by atoms with Crippen LogP contribution in [0.5, 0.6) is 11.5 Å². The van der Waals surface area contributed by atoms with E-state index in [-0.39, 0.29) is 11.7 Å². The number of hydrogen-bond acceptors (Lipinski definition) is 5. The van der Waals surface area contributed by atoms with Crippen LogP contribution in [-0.4, -0.2) is 47.4 Å². The number of ketones is 1. The summed E-state index contributed by atoms with van der Waals surface area (Å²) in [4.78, 5) is 31.0. The van der Waals surface area contributed by atoms with Crippen molar-refractivity contribution in [3.05, 3.63) is 53.9 Å². The van der Waals surface area contributed by atoms with Gasteiger partial charge in [0.05, 0.1) is 19.1 Å². The zero-order chi connectivity index (χ0) is 18.1. The van der Waals surface area contributed by atoms with Crippen molar-refractivity contribution < 1.29 is 19.1 Å². The van der Waals surface area contributed by atoms with Crippen LogP contribution < -0.4 is 9.47 Å². The Balaban J connectivity index is 1.50. The first-order chi connectivity index (χ1) is 12.6. The molecule has 4 rings (SSSR count). The first-order valence-electron chi connectivity index (χ1n) is 8.71. The quantitative estimate of drug-likeness (QED) is 0.831. The molecule has 2 aliphatic rings. The highest BCUT2D eigenvalue weighted by Crippen LogP contribution is 2.40. The molecule has 1 spiro atoms. The predicted molar refractivity (Wildman–Crippen MR) is 94.7 cm³/mol. The van der Waals surface area contributed by atoms with Gasteiger partial charge in [0.2, 0.25) is 0 Å². The monoisotopic (exact) mass is 352 g/mol. The number of ether oxygens (including phenoxy) is 2. The van der Waals surface area contributed by atoms with E-state index in [4.69, 9.17) is 9.47 Å². The van der Waals surface area contributed by atoms with Crippen LogP contribution in [0.3, 0.4) is 0 Å². The van der Waals surface area contributed by atoms with Gasteiger partial charge in [-0.2, -0.15) is 0 Å². The molecule has 0 atom stereocenters. The lowest BCUT2D eigenvalue weighted by atomic mass is 9.82. The number of rotatable bonds is 2. The van der Waals surface area contributed by atoms with Crippen LogP contribution in [0.4, 0.5) is 0 Å². The van der Waals surface area contributed by atoms with Gasteiger partial charge in [-0.3, -0.25) is 14.6 Å². The van der Waals surface area contributed by atoms with Crippen molar-refractivity contribution in [1.82, 2.24) is 9.88 Å². The average Bonchev–Trinajstić information content (AvgIpc) is 2.68. The summed E-state index contributed by atoms with van der Waals surface area (Å²) in [5, 5.41) is 0. The van der Waals surface area contributed by atoms with Crippen molar-refractivity contribution in [1.29, 1.82) is 0 Å². The van der Waals surface area contributed by atoms with Gasteiger partial charge in [-0.1, -0.05) is 6.07 Å². The third-order valence-electron chi connectivity index (χ3n) is 5.14. The lowest BCUT2D eigenvalue weighted by molar-refractivity contribution is -0.00594. The smallest absolute Gasteiger partial charge is 0.272 e. The molecule has 0 bridgehead atoms. The molecule has 0 radical (unpaired) electrons. The Labute approximate surface area is 151 Å². The normalized spacial score (nSPS) is 18.2. The second-order valence-electron chi connectivity index (χ2n) is 6.75. The number of methoxy groups -OCH3 is 1. The number of amides is 1. The van der Waals surface area contributed by atoms with Gasteiger partial charge in [0.15, 0.2) is 5.78 Å². The maximum absolute atomic E-state index is 12.6. The fourth-order valence-electron chi connectivity index (χ4n) is 3.65. The van der Waals surface area contributed by atoms with Crippen LogP contribution >= 0.6 is 0 Å². The van der Waals surface area contributed by atoms with Crippen molar-refractivity contribution in [3.8, 4) is 11.5 Å². The van der Waals surface area contributed by atoms with E-state index >= 15 is 0 Å². The van der Waals surface area contributed by atoms with Gasteiger partial charge >= 0.3 is 0 Å². The second-order valence-corrected chi connectivity index (χ2v) is 6.75. The van der Waals surface area contributed by atoms with Gasteiger partial charge in [-0.25, -0.2) is 0 Å². The number of nitrogens with zero attached hydrogens (tertiary/aromatic N) is 2. The number of piperidine rings is 1. The van der Waals surface area contributed by atoms with Gasteiger partial charge < -0.3 is 14.4 Å². The number of fused-ring (bicyclic) bond motifs is 1. The number of carbonyl (C=O) groups is 2. The first kappa shape index (κ1) is 16.6. The molecule has 2 aliphatic heterocycles. The number of benzene rings is 1. The summed E-state index contributed by atoms with van der Waals surface area (Å²) in [7, 11) is 1.59. The van der Waals surface area contributed by atoms with E-state index in [2.05, 4.69) is 4.98 Å².